The topological polar surface area (TPSA) is 98.7 Å². The van der Waals surface area contributed by atoms with Gasteiger partial charge >= 0.3 is 0 Å². The molecule has 8 heteroatoms. The molecule has 7 nitrogen and oxygen atoms in total. The molecule has 5 atom stereocenters. The molecule has 3 fully saturated rings. The summed E-state index contributed by atoms with van der Waals surface area (Å²) in [5.74, 6) is -1.47. The summed E-state index contributed by atoms with van der Waals surface area (Å²) in [4.78, 5) is 42.7. The second-order valence-electron chi connectivity index (χ2n) is 10.2. The van der Waals surface area contributed by atoms with E-state index in [9.17, 15) is 19.5 Å². The van der Waals surface area contributed by atoms with Crippen LogP contribution in [0.15, 0.2) is 48.5 Å². The number of carbonyl (C=O) groups excluding carboxylic acids is 3. The van der Waals surface area contributed by atoms with Crippen LogP contribution >= 0.6 is 11.8 Å². The lowest BCUT2D eigenvalue weighted by Gasteiger charge is -2.34. The van der Waals surface area contributed by atoms with E-state index < -0.39 is 22.6 Å². The number of carbonyl (C=O) groups is 3. The van der Waals surface area contributed by atoms with E-state index in [-0.39, 0.29) is 29.6 Å². The standard InChI is InChI=1S/C28H33N3O4S/c1-17-9-10-18(2)20(15-17)30-26(34)24-28-12-11-21(36-28)22(23(28)27(35)31(24)13-6-14-32)25(33)29-16-19-7-4-3-5-8-19/h3-5,7-10,15,21-24,32H,6,11-14,16H2,1-2H3,(H,29,33)(H,30,34)/t21-,22+,23+,24?,28?/m1/s1. The summed E-state index contributed by atoms with van der Waals surface area (Å²) in [5, 5.41) is 15.6. The van der Waals surface area contributed by atoms with E-state index in [2.05, 4.69) is 10.6 Å². The number of aliphatic hydroxyl groups is 1. The Bertz CT molecular complexity index is 1170. The third-order valence-electron chi connectivity index (χ3n) is 7.87. The number of hydrogen-bond acceptors (Lipinski definition) is 5. The predicted molar refractivity (Wildman–Crippen MR) is 140 cm³/mol. The first-order chi connectivity index (χ1) is 17.4. The van der Waals surface area contributed by atoms with Crippen LogP contribution in [0.4, 0.5) is 5.69 Å². The highest BCUT2D eigenvalue weighted by Gasteiger charge is 2.73. The lowest BCUT2D eigenvalue weighted by Crippen LogP contribution is -2.52. The Morgan fingerprint density at radius 1 is 1.14 bits per heavy atom. The quantitative estimate of drug-likeness (QED) is 0.510. The number of likely N-dealkylation sites (tertiary alicyclic amines) is 1. The Morgan fingerprint density at radius 3 is 2.67 bits per heavy atom. The van der Waals surface area contributed by atoms with Crippen molar-refractivity contribution >= 4 is 35.2 Å². The predicted octanol–water partition coefficient (Wildman–Crippen LogP) is 3.03. The molecule has 2 unspecified atom stereocenters. The summed E-state index contributed by atoms with van der Waals surface area (Å²) in [6.45, 7) is 4.56. The van der Waals surface area contributed by atoms with Crippen LogP contribution in [0.25, 0.3) is 0 Å². The number of thioether (sulfide) groups is 1. The van der Waals surface area contributed by atoms with Crippen LogP contribution in [-0.4, -0.2) is 56.9 Å². The average molecular weight is 508 g/mol. The molecule has 0 radical (unpaired) electrons. The van der Waals surface area contributed by atoms with E-state index in [0.29, 0.717) is 19.5 Å². The maximum atomic E-state index is 13.8. The number of nitrogens with zero attached hydrogens (tertiary/aromatic N) is 1. The molecule has 5 rings (SSSR count). The fourth-order valence-corrected chi connectivity index (χ4v) is 8.43. The Morgan fingerprint density at radius 2 is 1.92 bits per heavy atom. The van der Waals surface area contributed by atoms with Crippen LogP contribution in [0.3, 0.4) is 0 Å². The number of benzene rings is 2. The molecular formula is C28H33N3O4S. The molecule has 3 aliphatic heterocycles. The van der Waals surface area contributed by atoms with Gasteiger partial charge in [0.05, 0.1) is 16.6 Å². The van der Waals surface area contributed by atoms with Crippen molar-refractivity contribution in [3.8, 4) is 0 Å². The van der Waals surface area contributed by atoms with Gasteiger partial charge in [-0.3, -0.25) is 14.4 Å². The summed E-state index contributed by atoms with van der Waals surface area (Å²) in [6.07, 6.45) is 1.92. The molecule has 36 heavy (non-hydrogen) atoms. The van der Waals surface area contributed by atoms with Crippen LogP contribution in [0.2, 0.25) is 0 Å². The van der Waals surface area contributed by atoms with Crippen molar-refractivity contribution in [2.24, 2.45) is 11.8 Å². The number of fused-ring (bicyclic) bond motifs is 1. The Hall–Kier alpha value is -2.84. The number of nitrogens with one attached hydrogen (secondary N) is 2. The van der Waals surface area contributed by atoms with E-state index in [1.54, 1.807) is 16.7 Å². The zero-order chi connectivity index (χ0) is 25.4. The Kier molecular flexibility index (Phi) is 6.83. The molecule has 0 aliphatic carbocycles. The van der Waals surface area contributed by atoms with Gasteiger partial charge in [0.25, 0.3) is 0 Å². The van der Waals surface area contributed by atoms with Gasteiger partial charge in [-0.1, -0.05) is 42.5 Å². The van der Waals surface area contributed by atoms with Gasteiger partial charge in [-0.05, 0) is 55.9 Å². The van der Waals surface area contributed by atoms with Crippen molar-refractivity contribution in [1.82, 2.24) is 10.2 Å². The molecule has 3 aliphatic rings. The van der Waals surface area contributed by atoms with E-state index in [1.807, 2.05) is 62.4 Å². The van der Waals surface area contributed by atoms with Crippen molar-refractivity contribution in [3.63, 3.8) is 0 Å². The Labute approximate surface area is 216 Å². The monoisotopic (exact) mass is 507 g/mol. The van der Waals surface area contributed by atoms with Gasteiger partial charge in [-0.15, -0.1) is 11.8 Å². The number of aryl methyl sites for hydroxylation is 2. The van der Waals surface area contributed by atoms with Crippen molar-refractivity contribution in [3.05, 3.63) is 65.2 Å². The third kappa shape index (κ3) is 4.20. The van der Waals surface area contributed by atoms with E-state index >= 15 is 0 Å². The molecule has 3 saturated heterocycles. The fourth-order valence-electron chi connectivity index (χ4n) is 6.21. The van der Waals surface area contributed by atoms with Gasteiger partial charge in [0, 0.05) is 30.6 Å². The van der Waals surface area contributed by atoms with E-state index in [0.717, 1.165) is 35.2 Å². The first kappa shape index (κ1) is 24.8. The van der Waals surface area contributed by atoms with Crippen molar-refractivity contribution in [2.45, 2.75) is 55.7 Å². The van der Waals surface area contributed by atoms with Gasteiger partial charge in [0.15, 0.2) is 0 Å². The van der Waals surface area contributed by atoms with Crippen molar-refractivity contribution in [1.29, 1.82) is 0 Å². The van der Waals surface area contributed by atoms with E-state index in [1.165, 1.54) is 0 Å². The van der Waals surface area contributed by atoms with Crippen LogP contribution in [0.1, 0.15) is 36.0 Å². The van der Waals surface area contributed by atoms with Crippen LogP contribution in [0, 0.1) is 25.7 Å². The van der Waals surface area contributed by atoms with Crippen LogP contribution in [-0.2, 0) is 20.9 Å². The minimum Gasteiger partial charge on any atom is -0.396 e. The Balaban J connectivity index is 1.42. The van der Waals surface area contributed by atoms with Crippen LogP contribution < -0.4 is 10.6 Å². The van der Waals surface area contributed by atoms with Crippen LogP contribution in [0.5, 0.6) is 0 Å². The average Bonchev–Trinajstić information content (AvgIpc) is 3.51. The van der Waals surface area contributed by atoms with Crippen molar-refractivity contribution in [2.75, 3.05) is 18.5 Å². The number of anilines is 1. The van der Waals surface area contributed by atoms with Gasteiger partial charge in [0.2, 0.25) is 17.7 Å². The summed E-state index contributed by atoms with van der Waals surface area (Å²) in [7, 11) is 0. The second kappa shape index (κ2) is 9.90. The summed E-state index contributed by atoms with van der Waals surface area (Å²) >= 11 is 1.66. The maximum Gasteiger partial charge on any atom is 0.248 e. The molecule has 0 saturated carbocycles. The first-order valence-electron chi connectivity index (χ1n) is 12.6. The third-order valence-corrected chi connectivity index (χ3v) is 9.82. The molecule has 2 aromatic carbocycles. The highest BCUT2D eigenvalue weighted by Crippen LogP contribution is 2.66. The summed E-state index contributed by atoms with van der Waals surface area (Å²) in [5.41, 5.74) is 3.74. The molecule has 1 spiro atoms. The van der Waals surface area contributed by atoms with Crippen molar-refractivity contribution < 1.29 is 19.5 Å². The zero-order valence-electron chi connectivity index (χ0n) is 20.7. The van der Waals surface area contributed by atoms with E-state index in [4.69, 9.17) is 0 Å². The molecule has 3 N–H and O–H groups in total. The van der Waals surface area contributed by atoms with Gasteiger partial charge in [-0.25, -0.2) is 0 Å². The van der Waals surface area contributed by atoms with Gasteiger partial charge in [-0.2, -0.15) is 0 Å². The van der Waals surface area contributed by atoms with Gasteiger partial charge in [0.1, 0.15) is 6.04 Å². The summed E-state index contributed by atoms with van der Waals surface area (Å²) < 4.78 is -0.631. The smallest absolute Gasteiger partial charge is 0.248 e. The fraction of sp³-hybridized carbons (Fsp3) is 0.464. The molecule has 2 bridgehead atoms. The highest BCUT2D eigenvalue weighted by molar-refractivity contribution is 8.02. The zero-order valence-corrected chi connectivity index (χ0v) is 21.5. The molecule has 3 heterocycles. The SMILES string of the molecule is Cc1ccc(C)c(NC(=O)C2N(CCCO)C(=O)[C@@H]3[C@@H](C(=O)NCc4ccccc4)[C@H]4CCC23S4)c1. The molecule has 190 valence electrons. The normalized spacial score (nSPS) is 28.3. The maximum absolute atomic E-state index is 13.8. The largest absolute Gasteiger partial charge is 0.396 e. The number of rotatable bonds is 8. The number of hydrogen-bond donors (Lipinski definition) is 3. The number of aliphatic hydroxyl groups excluding tert-OH is 1. The minimum atomic E-state index is -0.677. The summed E-state index contributed by atoms with van der Waals surface area (Å²) in [6, 6.07) is 15.0. The molecule has 0 aromatic heterocycles. The molecular weight excluding hydrogens is 474 g/mol. The number of amides is 3. The second-order valence-corrected chi connectivity index (χ2v) is 11.8. The highest BCUT2D eigenvalue weighted by atomic mass is 32.2. The van der Waals surface area contributed by atoms with Gasteiger partial charge < -0.3 is 20.6 Å². The lowest BCUT2D eigenvalue weighted by atomic mass is 9.70. The molecule has 2 aromatic rings. The lowest BCUT2D eigenvalue weighted by molar-refractivity contribution is -0.139. The first-order valence-corrected chi connectivity index (χ1v) is 13.5. The molecule has 3 amide bonds. The minimum absolute atomic E-state index is 0.0192.